The molecule has 0 N–H and O–H groups in total. The van der Waals surface area contributed by atoms with E-state index in [0.717, 1.165) is 5.56 Å². The van der Waals surface area contributed by atoms with E-state index in [1.54, 1.807) is 12.1 Å². The van der Waals surface area contributed by atoms with Gasteiger partial charge in [-0.15, -0.1) is 0 Å². The maximum atomic E-state index is 12.9. The van der Waals surface area contributed by atoms with Gasteiger partial charge < -0.3 is 4.84 Å². The maximum Gasteiger partial charge on any atom is 0.142 e. The average Bonchev–Trinajstić information content (AvgIpc) is 2.37. The minimum Gasteiger partial charge on any atom is -0.391 e. The van der Waals surface area contributed by atoms with Crippen molar-refractivity contribution in [3.63, 3.8) is 0 Å². The van der Waals surface area contributed by atoms with Gasteiger partial charge in [0.1, 0.15) is 12.4 Å². The van der Waals surface area contributed by atoms with E-state index in [-0.39, 0.29) is 5.82 Å². The molecule has 0 fully saturated rings. The second kappa shape index (κ2) is 5.96. The second-order valence-corrected chi connectivity index (χ2v) is 4.05. The molecule has 0 atom stereocenters. The number of hydrogen-bond acceptors (Lipinski definition) is 2. The molecule has 0 bridgehead atoms. The topological polar surface area (TPSA) is 21.6 Å². The summed E-state index contributed by atoms with van der Waals surface area (Å²) in [6.07, 6.45) is 1.50. The number of oxime groups is 1. The highest BCUT2D eigenvalue weighted by atomic mass is 19.1. The first kappa shape index (κ1) is 12.3. The van der Waals surface area contributed by atoms with E-state index in [9.17, 15) is 4.39 Å². The minimum atomic E-state index is -0.280. The van der Waals surface area contributed by atoms with Gasteiger partial charge in [-0.1, -0.05) is 47.1 Å². The molecular weight excluding hydrogens is 229 g/mol. The molecule has 0 aliphatic carbocycles. The molecular formula is C15H14FNO. The molecule has 0 aliphatic rings. The standard InChI is InChI=1S/C15H14FNO/c1-12-5-7-13(8-6-12)11-18-17-10-14-3-2-4-15(16)9-14/h2-10H,11H2,1H3. The molecule has 0 amide bonds. The SMILES string of the molecule is Cc1ccc(CON=Cc2cccc(F)c2)cc1. The fraction of sp³-hybridized carbons (Fsp3) is 0.133. The van der Waals surface area contributed by atoms with Gasteiger partial charge in [0.05, 0.1) is 6.21 Å². The van der Waals surface area contributed by atoms with Gasteiger partial charge in [0.2, 0.25) is 0 Å². The molecule has 0 unspecified atom stereocenters. The number of rotatable bonds is 4. The number of nitrogens with zero attached hydrogens (tertiary/aromatic N) is 1. The van der Waals surface area contributed by atoms with Crippen molar-refractivity contribution in [1.29, 1.82) is 0 Å². The summed E-state index contributed by atoms with van der Waals surface area (Å²) in [4.78, 5) is 5.15. The van der Waals surface area contributed by atoms with Crippen LogP contribution in [0.3, 0.4) is 0 Å². The summed E-state index contributed by atoms with van der Waals surface area (Å²) < 4.78 is 12.9. The van der Waals surface area contributed by atoms with Crippen molar-refractivity contribution < 1.29 is 9.23 Å². The first-order chi connectivity index (χ1) is 8.74. The normalized spacial score (nSPS) is 10.8. The molecule has 3 heteroatoms. The molecule has 0 radical (unpaired) electrons. The Bertz CT molecular complexity index is 534. The fourth-order valence-electron chi connectivity index (χ4n) is 1.48. The van der Waals surface area contributed by atoms with Crippen molar-refractivity contribution in [1.82, 2.24) is 0 Å². The molecule has 2 aromatic rings. The number of aryl methyl sites for hydroxylation is 1. The monoisotopic (exact) mass is 243 g/mol. The highest BCUT2D eigenvalue weighted by Gasteiger charge is 1.93. The quantitative estimate of drug-likeness (QED) is 0.593. The Balaban J connectivity index is 1.87. The molecule has 2 rings (SSSR count). The molecule has 0 heterocycles. The zero-order chi connectivity index (χ0) is 12.8. The van der Waals surface area contributed by atoms with Crippen LogP contribution in [0.4, 0.5) is 4.39 Å². The molecule has 18 heavy (non-hydrogen) atoms. The predicted octanol–water partition coefficient (Wildman–Crippen LogP) is 3.68. The van der Waals surface area contributed by atoms with Crippen molar-refractivity contribution in [3.8, 4) is 0 Å². The molecule has 0 saturated carbocycles. The summed E-state index contributed by atoms with van der Waals surface area (Å²) in [5.74, 6) is -0.280. The van der Waals surface area contributed by atoms with Crippen molar-refractivity contribution >= 4 is 6.21 Å². The predicted molar refractivity (Wildman–Crippen MR) is 70.0 cm³/mol. The van der Waals surface area contributed by atoms with Crippen LogP contribution in [0.1, 0.15) is 16.7 Å². The van der Waals surface area contributed by atoms with Gasteiger partial charge in [-0.05, 0) is 30.2 Å². The van der Waals surface area contributed by atoms with Crippen LogP contribution in [-0.4, -0.2) is 6.21 Å². The largest absolute Gasteiger partial charge is 0.391 e. The summed E-state index contributed by atoms with van der Waals surface area (Å²) in [6.45, 7) is 2.44. The van der Waals surface area contributed by atoms with E-state index >= 15 is 0 Å². The van der Waals surface area contributed by atoms with Crippen molar-refractivity contribution in [2.45, 2.75) is 13.5 Å². The lowest BCUT2D eigenvalue weighted by molar-refractivity contribution is 0.132. The van der Waals surface area contributed by atoms with Crippen LogP contribution < -0.4 is 0 Å². The van der Waals surface area contributed by atoms with Crippen LogP contribution in [0, 0.1) is 12.7 Å². The van der Waals surface area contributed by atoms with Crippen LogP contribution in [0.15, 0.2) is 53.7 Å². The van der Waals surface area contributed by atoms with Gasteiger partial charge >= 0.3 is 0 Å². The Labute approximate surface area is 106 Å². The maximum absolute atomic E-state index is 12.9. The van der Waals surface area contributed by atoms with Crippen LogP contribution in [-0.2, 0) is 11.4 Å². The first-order valence-electron chi connectivity index (χ1n) is 5.70. The lowest BCUT2D eigenvalue weighted by Gasteiger charge is -2.00. The average molecular weight is 243 g/mol. The Morgan fingerprint density at radius 3 is 2.67 bits per heavy atom. The van der Waals surface area contributed by atoms with E-state index in [1.165, 1.54) is 23.9 Å². The molecule has 92 valence electrons. The second-order valence-electron chi connectivity index (χ2n) is 4.05. The van der Waals surface area contributed by atoms with Gasteiger partial charge in [-0.25, -0.2) is 4.39 Å². The van der Waals surface area contributed by atoms with E-state index < -0.39 is 0 Å². The number of benzene rings is 2. The summed E-state index contributed by atoms with van der Waals surface area (Å²) in [6, 6.07) is 14.2. The lowest BCUT2D eigenvalue weighted by atomic mass is 10.2. The van der Waals surface area contributed by atoms with Gasteiger partial charge in [0, 0.05) is 0 Å². The van der Waals surface area contributed by atoms with Crippen LogP contribution in [0.5, 0.6) is 0 Å². The Morgan fingerprint density at radius 2 is 1.94 bits per heavy atom. The highest BCUT2D eigenvalue weighted by Crippen LogP contribution is 2.05. The van der Waals surface area contributed by atoms with Gasteiger partial charge in [-0.2, -0.15) is 0 Å². The summed E-state index contributed by atoms with van der Waals surface area (Å²) in [5.41, 5.74) is 2.94. The van der Waals surface area contributed by atoms with E-state index in [2.05, 4.69) is 5.16 Å². The van der Waals surface area contributed by atoms with Crippen molar-refractivity contribution in [3.05, 3.63) is 71.0 Å². The van der Waals surface area contributed by atoms with E-state index in [4.69, 9.17) is 4.84 Å². The van der Waals surface area contributed by atoms with Crippen molar-refractivity contribution in [2.75, 3.05) is 0 Å². The van der Waals surface area contributed by atoms with E-state index in [1.807, 2.05) is 31.2 Å². The molecule has 0 saturated heterocycles. The molecule has 0 aliphatic heterocycles. The van der Waals surface area contributed by atoms with Gasteiger partial charge in [0.25, 0.3) is 0 Å². The highest BCUT2D eigenvalue weighted by molar-refractivity contribution is 5.78. The lowest BCUT2D eigenvalue weighted by Crippen LogP contribution is -1.89. The summed E-state index contributed by atoms with van der Waals surface area (Å²) in [7, 11) is 0. The van der Waals surface area contributed by atoms with Gasteiger partial charge in [0.15, 0.2) is 0 Å². The van der Waals surface area contributed by atoms with Crippen LogP contribution in [0.2, 0.25) is 0 Å². The molecule has 0 aromatic heterocycles. The van der Waals surface area contributed by atoms with Gasteiger partial charge in [-0.3, -0.25) is 0 Å². The number of halogens is 1. The smallest absolute Gasteiger partial charge is 0.142 e. The number of hydrogen-bond donors (Lipinski definition) is 0. The molecule has 2 nitrogen and oxygen atoms in total. The summed E-state index contributed by atoms with van der Waals surface area (Å²) >= 11 is 0. The third-order valence-corrected chi connectivity index (χ3v) is 2.48. The van der Waals surface area contributed by atoms with Crippen LogP contribution in [0.25, 0.3) is 0 Å². The Morgan fingerprint density at radius 1 is 1.17 bits per heavy atom. The van der Waals surface area contributed by atoms with E-state index in [0.29, 0.717) is 12.2 Å². The van der Waals surface area contributed by atoms with Crippen molar-refractivity contribution in [2.24, 2.45) is 5.16 Å². The zero-order valence-corrected chi connectivity index (χ0v) is 10.1. The van der Waals surface area contributed by atoms with Crippen LogP contribution >= 0.6 is 0 Å². The third-order valence-electron chi connectivity index (χ3n) is 2.48. The molecule has 0 spiro atoms. The third kappa shape index (κ3) is 3.70. The zero-order valence-electron chi connectivity index (χ0n) is 10.1. The first-order valence-corrected chi connectivity index (χ1v) is 5.70. The minimum absolute atomic E-state index is 0.280. The molecule has 2 aromatic carbocycles. The Hall–Kier alpha value is -2.16. The summed E-state index contributed by atoms with van der Waals surface area (Å²) in [5, 5.41) is 3.81. The fourth-order valence-corrected chi connectivity index (χ4v) is 1.48. The Kier molecular flexibility index (Phi) is 4.07.